The molecular weight excluding hydrogens is 244 g/mol. The average Bonchev–Trinajstić information content (AvgIpc) is 2.91. The van der Waals surface area contributed by atoms with Crippen LogP contribution in [0.5, 0.6) is 5.75 Å². The van der Waals surface area contributed by atoms with Crippen LogP contribution in [-0.2, 0) is 16.1 Å². The van der Waals surface area contributed by atoms with Crippen LogP contribution in [0.3, 0.4) is 0 Å². The first-order valence-electron chi connectivity index (χ1n) is 6.69. The molecule has 5 heteroatoms. The third kappa shape index (κ3) is 3.05. The molecule has 2 aliphatic heterocycles. The van der Waals surface area contributed by atoms with Gasteiger partial charge in [0.2, 0.25) is 0 Å². The standard InChI is InChI=1S/C14H18N2O3/c17-14-9-19-13-4-3-10(6-12(13)16-14)7-15-8-11-2-1-5-18-11/h3-4,6,11,15H,1-2,5,7-9H2,(H,16,17). The van der Waals surface area contributed by atoms with E-state index in [-0.39, 0.29) is 12.5 Å². The van der Waals surface area contributed by atoms with Gasteiger partial charge in [0.15, 0.2) is 6.61 Å². The van der Waals surface area contributed by atoms with E-state index >= 15 is 0 Å². The number of nitrogens with one attached hydrogen (secondary N) is 2. The molecule has 2 heterocycles. The molecule has 2 aliphatic rings. The number of hydrogen-bond donors (Lipinski definition) is 2. The highest BCUT2D eigenvalue weighted by Crippen LogP contribution is 2.28. The number of ether oxygens (including phenoxy) is 2. The van der Waals surface area contributed by atoms with Gasteiger partial charge in [-0.3, -0.25) is 4.79 Å². The predicted octanol–water partition coefficient (Wildman–Crippen LogP) is 1.29. The second-order valence-electron chi connectivity index (χ2n) is 4.93. The van der Waals surface area contributed by atoms with Crippen LogP contribution < -0.4 is 15.4 Å². The van der Waals surface area contributed by atoms with Crippen LogP contribution in [0.15, 0.2) is 18.2 Å². The van der Waals surface area contributed by atoms with E-state index in [9.17, 15) is 4.79 Å². The molecule has 0 radical (unpaired) electrons. The van der Waals surface area contributed by atoms with E-state index in [0.29, 0.717) is 6.10 Å². The van der Waals surface area contributed by atoms with E-state index in [1.807, 2.05) is 18.2 Å². The number of carbonyl (C=O) groups is 1. The number of amides is 1. The summed E-state index contributed by atoms with van der Waals surface area (Å²) in [5, 5.41) is 6.20. The van der Waals surface area contributed by atoms with Gasteiger partial charge < -0.3 is 20.1 Å². The highest BCUT2D eigenvalue weighted by atomic mass is 16.5. The van der Waals surface area contributed by atoms with Crippen molar-refractivity contribution >= 4 is 11.6 Å². The molecule has 0 aliphatic carbocycles. The number of rotatable bonds is 4. The Morgan fingerprint density at radius 3 is 3.21 bits per heavy atom. The van der Waals surface area contributed by atoms with Gasteiger partial charge in [-0.1, -0.05) is 6.07 Å². The lowest BCUT2D eigenvalue weighted by atomic mass is 10.1. The molecule has 1 atom stereocenters. The number of benzene rings is 1. The third-order valence-electron chi connectivity index (χ3n) is 3.40. The number of carbonyl (C=O) groups excluding carboxylic acids is 1. The SMILES string of the molecule is O=C1COc2ccc(CNCC3CCCO3)cc2N1. The van der Waals surface area contributed by atoms with Crippen molar-refractivity contribution in [2.24, 2.45) is 0 Å². The molecule has 5 nitrogen and oxygen atoms in total. The number of hydrogen-bond acceptors (Lipinski definition) is 4. The predicted molar refractivity (Wildman–Crippen MR) is 71.2 cm³/mol. The van der Waals surface area contributed by atoms with Crippen LogP contribution in [0.4, 0.5) is 5.69 Å². The van der Waals surface area contributed by atoms with Gasteiger partial charge in [0, 0.05) is 19.7 Å². The lowest BCUT2D eigenvalue weighted by Crippen LogP contribution is -2.27. The van der Waals surface area contributed by atoms with Gasteiger partial charge in [-0.05, 0) is 30.5 Å². The fourth-order valence-electron chi connectivity index (χ4n) is 2.42. The van der Waals surface area contributed by atoms with E-state index in [4.69, 9.17) is 9.47 Å². The smallest absolute Gasteiger partial charge is 0.262 e. The maximum absolute atomic E-state index is 11.3. The van der Waals surface area contributed by atoms with E-state index in [1.54, 1.807) is 0 Å². The zero-order valence-corrected chi connectivity index (χ0v) is 10.8. The zero-order chi connectivity index (χ0) is 13.1. The highest BCUT2D eigenvalue weighted by molar-refractivity contribution is 5.95. The summed E-state index contributed by atoms with van der Waals surface area (Å²) in [6.07, 6.45) is 2.65. The molecule has 2 N–H and O–H groups in total. The van der Waals surface area contributed by atoms with Crippen molar-refractivity contribution in [1.82, 2.24) is 5.32 Å². The Hall–Kier alpha value is -1.59. The molecule has 1 fully saturated rings. The van der Waals surface area contributed by atoms with Crippen molar-refractivity contribution in [3.05, 3.63) is 23.8 Å². The van der Waals surface area contributed by atoms with Gasteiger partial charge in [0.1, 0.15) is 5.75 Å². The Labute approximate surface area is 112 Å². The summed E-state index contributed by atoms with van der Waals surface area (Å²) in [5.74, 6) is 0.638. The minimum absolute atomic E-state index is 0.100. The normalized spacial score (nSPS) is 21.7. The second kappa shape index (κ2) is 5.59. The van der Waals surface area contributed by atoms with Crippen LogP contribution in [0.2, 0.25) is 0 Å². The number of fused-ring (bicyclic) bond motifs is 1. The van der Waals surface area contributed by atoms with Crippen LogP contribution in [-0.4, -0.2) is 31.8 Å². The summed E-state index contributed by atoms with van der Waals surface area (Å²) in [5.41, 5.74) is 1.88. The molecule has 1 unspecified atom stereocenters. The van der Waals surface area contributed by atoms with Gasteiger partial charge in [-0.2, -0.15) is 0 Å². The largest absolute Gasteiger partial charge is 0.482 e. The fraction of sp³-hybridized carbons (Fsp3) is 0.500. The molecule has 1 aromatic rings. The van der Waals surface area contributed by atoms with E-state index in [0.717, 1.165) is 49.5 Å². The maximum atomic E-state index is 11.3. The van der Waals surface area contributed by atoms with Crippen molar-refractivity contribution in [2.75, 3.05) is 25.1 Å². The summed E-state index contributed by atoms with van der Waals surface area (Å²) >= 11 is 0. The van der Waals surface area contributed by atoms with Crippen molar-refractivity contribution < 1.29 is 14.3 Å². The van der Waals surface area contributed by atoms with Crippen molar-refractivity contribution in [3.8, 4) is 5.75 Å². The lowest BCUT2D eigenvalue weighted by molar-refractivity contribution is -0.118. The van der Waals surface area contributed by atoms with Crippen molar-refractivity contribution in [1.29, 1.82) is 0 Å². The van der Waals surface area contributed by atoms with Crippen LogP contribution in [0, 0.1) is 0 Å². The molecule has 1 amide bonds. The summed E-state index contributed by atoms with van der Waals surface area (Å²) in [4.78, 5) is 11.3. The zero-order valence-electron chi connectivity index (χ0n) is 10.8. The number of anilines is 1. The molecule has 3 rings (SSSR count). The molecule has 0 bridgehead atoms. The Morgan fingerprint density at radius 1 is 1.42 bits per heavy atom. The summed E-state index contributed by atoms with van der Waals surface area (Å²) in [7, 11) is 0. The van der Waals surface area contributed by atoms with Gasteiger partial charge in [-0.25, -0.2) is 0 Å². The van der Waals surface area contributed by atoms with Crippen LogP contribution in [0.25, 0.3) is 0 Å². The van der Waals surface area contributed by atoms with E-state index in [2.05, 4.69) is 10.6 Å². The van der Waals surface area contributed by atoms with E-state index < -0.39 is 0 Å². The Kier molecular flexibility index (Phi) is 3.66. The van der Waals surface area contributed by atoms with Crippen molar-refractivity contribution in [2.45, 2.75) is 25.5 Å². The Morgan fingerprint density at radius 2 is 2.37 bits per heavy atom. The molecule has 19 heavy (non-hydrogen) atoms. The molecular formula is C14H18N2O3. The van der Waals surface area contributed by atoms with Crippen LogP contribution >= 0.6 is 0 Å². The summed E-state index contributed by atoms with van der Waals surface area (Å²) in [6, 6.07) is 5.87. The van der Waals surface area contributed by atoms with Crippen LogP contribution in [0.1, 0.15) is 18.4 Å². The molecule has 1 saturated heterocycles. The quantitative estimate of drug-likeness (QED) is 0.858. The average molecular weight is 262 g/mol. The van der Waals surface area contributed by atoms with Crippen molar-refractivity contribution in [3.63, 3.8) is 0 Å². The van der Waals surface area contributed by atoms with Gasteiger partial charge in [0.05, 0.1) is 11.8 Å². The molecule has 102 valence electrons. The summed E-state index contributed by atoms with van der Waals surface area (Å²) in [6.45, 7) is 2.63. The Balaban J connectivity index is 1.56. The minimum atomic E-state index is -0.100. The third-order valence-corrected chi connectivity index (χ3v) is 3.40. The molecule has 1 aromatic carbocycles. The van der Waals surface area contributed by atoms with Gasteiger partial charge in [0.25, 0.3) is 5.91 Å². The fourth-order valence-corrected chi connectivity index (χ4v) is 2.42. The highest BCUT2D eigenvalue weighted by Gasteiger charge is 2.17. The second-order valence-corrected chi connectivity index (χ2v) is 4.93. The van der Waals surface area contributed by atoms with Gasteiger partial charge in [-0.15, -0.1) is 0 Å². The summed E-state index contributed by atoms with van der Waals surface area (Å²) < 4.78 is 10.9. The molecule has 0 aromatic heterocycles. The van der Waals surface area contributed by atoms with E-state index in [1.165, 1.54) is 0 Å². The topological polar surface area (TPSA) is 59.6 Å². The first kappa shape index (κ1) is 12.4. The maximum Gasteiger partial charge on any atom is 0.262 e. The van der Waals surface area contributed by atoms with Gasteiger partial charge >= 0.3 is 0 Å². The lowest BCUT2D eigenvalue weighted by Gasteiger charge is -2.18. The first-order valence-corrected chi connectivity index (χ1v) is 6.69. The molecule has 0 saturated carbocycles. The Bertz CT molecular complexity index is 470. The monoisotopic (exact) mass is 262 g/mol. The minimum Gasteiger partial charge on any atom is -0.482 e. The molecule has 0 spiro atoms. The first-order chi connectivity index (χ1) is 9.31.